The number of nitrogens with one attached hydrogen (secondary N) is 1. The van der Waals surface area contributed by atoms with Gasteiger partial charge in [0.1, 0.15) is 5.75 Å². The number of carbonyl (C=O) groups is 1. The lowest BCUT2D eigenvalue weighted by atomic mass is 9.94. The standard InChI is InChI=1S/C14H20ClNO2/c1-4-14(5-2,9-15)16-13(18)11-6-7-12(17)10(3)8-11/h6-8,17H,4-5,9H2,1-3H3,(H,16,18). The fourth-order valence-corrected chi connectivity index (χ4v) is 2.20. The first-order chi connectivity index (χ1) is 8.48. The third-order valence-corrected chi connectivity index (χ3v) is 3.96. The van der Waals surface area contributed by atoms with Crippen LogP contribution in [0.2, 0.25) is 0 Å². The summed E-state index contributed by atoms with van der Waals surface area (Å²) in [6.07, 6.45) is 1.58. The van der Waals surface area contributed by atoms with E-state index < -0.39 is 0 Å². The maximum absolute atomic E-state index is 12.1. The molecule has 0 saturated carbocycles. The lowest BCUT2D eigenvalue weighted by Gasteiger charge is -2.30. The highest BCUT2D eigenvalue weighted by Gasteiger charge is 2.27. The second kappa shape index (κ2) is 6.10. The van der Waals surface area contributed by atoms with Gasteiger partial charge in [-0.05, 0) is 43.5 Å². The number of hydrogen-bond acceptors (Lipinski definition) is 2. The molecule has 0 radical (unpaired) electrons. The van der Waals surface area contributed by atoms with E-state index in [2.05, 4.69) is 5.32 Å². The van der Waals surface area contributed by atoms with E-state index in [0.717, 1.165) is 12.8 Å². The van der Waals surface area contributed by atoms with Crippen molar-refractivity contribution >= 4 is 17.5 Å². The Balaban J connectivity index is 2.90. The lowest BCUT2D eigenvalue weighted by molar-refractivity contribution is 0.0902. The molecule has 0 aliphatic carbocycles. The summed E-state index contributed by atoms with van der Waals surface area (Å²) in [4.78, 5) is 12.1. The summed E-state index contributed by atoms with van der Waals surface area (Å²) in [5.41, 5.74) is 0.874. The summed E-state index contributed by atoms with van der Waals surface area (Å²) in [5.74, 6) is 0.437. The summed E-state index contributed by atoms with van der Waals surface area (Å²) in [6.45, 7) is 5.78. The van der Waals surface area contributed by atoms with E-state index in [1.54, 1.807) is 19.1 Å². The first-order valence-electron chi connectivity index (χ1n) is 6.16. The third kappa shape index (κ3) is 3.16. The highest BCUT2D eigenvalue weighted by Crippen LogP contribution is 2.20. The Labute approximate surface area is 113 Å². The minimum atomic E-state index is -0.357. The molecule has 4 heteroatoms. The predicted molar refractivity (Wildman–Crippen MR) is 74.3 cm³/mol. The molecule has 0 aliphatic rings. The zero-order chi connectivity index (χ0) is 13.8. The molecule has 0 bridgehead atoms. The molecule has 0 saturated heterocycles. The van der Waals surface area contributed by atoms with Crippen LogP contribution >= 0.6 is 11.6 Å². The van der Waals surface area contributed by atoms with Crippen molar-refractivity contribution in [3.8, 4) is 5.75 Å². The number of alkyl halides is 1. The van der Waals surface area contributed by atoms with Gasteiger partial charge < -0.3 is 10.4 Å². The van der Waals surface area contributed by atoms with Crippen LogP contribution in [0, 0.1) is 6.92 Å². The number of amides is 1. The molecule has 1 aromatic carbocycles. The van der Waals surface area contributed by atoms with Gasteiger partial charge in [0.25, 0.3) is 5.91 Å². The van der Waals surface area contributed by atoms with Crippen LogP contribution in [0.5, 0.6) is 5.75 Å². The number of hydrogen-bond donors (Lipinski definition) is 2. The number of aromatic hydroxyl groups is 1. The Hall–Kier alpha value is -1.22. The van der Waals surface area contributed by atoms with Crippen LogP contribution in [0.4, 0.5) is 0 Å². The molecular formula is C14H20ClNO2. The fraction of sp³-hybridized carbons (Fsp3) is 0.500. The van der Waals surface area contributed by atoms with Gasteiger partial charge in [-0.3, -0.25) is 4.79 Å². The summed E-state index contributed by atoms with van der Waals surface area (Å²) in [6, 6.07) is 4.82. The molecule has 2 N–H and O–H groups in total. The molecular weight excluding hydrogens is 250 g/mol. The molecule has 0 aromatic heterocycles. The topological polar surface area (TPSA) is 49.3 Å². The number of aryl methyl sites for hydroxylation is 1. The summed E-state index contributed by atoms with van der Waals surface area (Å²) < 4.78 is 0. The first kappa shape index (κ1) is 14.8. The first-order valence-corrected chi connectivity index (χ1v) is 6.69. The summed E-state index contributed by atoms with van der Waals surface area (Å²) in [5, 5.41) is 12.4. The second-order valence-electron chi connectivity index (χ2n) is 4.58. The van der Waals surface area contributed by atoms with Crippen molar-refractivity contribution in [1.82, 2.24) is 5.32 Å². The molecule has 1 amide bonds. The quantitative estimate of drug-likeness (QED) is 0.807. The van der Waals surface area contributed by atoms with Crippen LogP contribution in [0.3, 0.4) is 0 Å². The lowest BCUT2D eigenvalue weighted by Crippen LogP contribution is -2.49. The highest BCUT2D eigenvalue weighted by molar-refractivity contribution is 6.19. The Morgan fingerprint density at radius 3 is 2.44 bits per heavy atom. The van der Waals surface area contributed by atoms with E-state index in [1.807, 2.05) is 13.8 Å². The Morgan fingerprint density at radius 1 is 1.39 bits per heavy atom. The Kier molecular flexibility index (Phi) is 5.03. The predicted octanol–water partition coefficient (Wildman–Crippen LogP) is 3.23. The number of carbonyl (C=O) groups excluding carboxylic acids is 1. The molecule has 0 atom stereocenters. The van der Waals surface area contributed by atoms with Crippen LogP contribution < -0.4 is 5.32 Å². The molecule has 18 heavy (non-hydrogen) atoms. The molecule has 0 aliphatic heterocycles. The average molecular weight is 270 g/mol. The monoisotopic (exact) mass is 269 g/mol. The Morgan fingerprint density at radius 2 is 2.00 bits per heavy atom. The van der Waals surface area contributed by atoms with Gasteiger partial charge in [-0.15, -0.1) is 11.6 Å². The van der Waals surface area contributed by atoms with Crippen LogP contribution in [0.15, 0.2) is 18.2 Å². The van der Waals surface area contributed by atoms with Gasteiger partial charge in [-0.1, -0.05) is 13.8 Å². The second-order valence-corrected chi connectivity index (χ2v) is 4.84. The third-order valence-electron chi connectivity index (χ3n) is 3.45. The van der Waals surface area contributed by atoms with E-state index in [4.69, 9.17) is 11.6 Å². The molecule has 0 unspecified atom stereocenters. The number of phenolic OH excluding ortho intramolecular Hbond substituents is 1. The van der Waals surface area contributed by atoms with E-state index in [0.29, 0.717) is 17.0 Å². The smallest absolute Gasteiger partial charge is 0.251 e. The zero-order valence-electron chi connectivity index (χ0n) is 11.1. The number of halogens is 1. The van der Waals surface area contributed by atoms with Gasteiger partial charge in [-0.25, -0.2) is 0 Å². The Bertz CT molecular complexity index is 420. The van der Waals surface area contributed by atoms with Crippen molar-refractivity contribution in [3.05, 3.63) is 29.3 Å². The van der Waals surface area contributed by atoms with Gasteiger partial charge >= 0.3 is 0 Å². The summed E-state index contributed by atoms with van der Waals surface area (Å²) >= 11 is 5.96. The van der Waals surface area contributed by atoms with Gasteiger partial charge in [-0.2, -0.15) is 0 Å². The maximum Gasteiger partial charge on any atom is 0.251 e. The van der Waals surface area contributed by atoms with Crippen molar-refractivity contribution < 1.29 is 9.90 Å². The van der Waals surface area contributed by atoms with E-state index in [9.17, 15) is 9.90 Å². The van der Waals surface area contributed by atoms with Gasteiger partial charge in [0, 0.05) is 11.4 Å². The molecule has 1 rings (SSSR count). The number of phenols is 1. The van der Waals surface area contributed by atoms with Crippen LogP contribution in [-0.4, -0.2) is 22.4 Å². The van der Waals surface area contributed by atoms with Crippen molar-refractivity contribution in [2.24, 2.45) is 0 Å². The SMILES string of the molecule is CCC(CC)(CCl)NC(=O)c1ccc(O)c(C)c1. The van der Waals surface area contributed by atoms with Crippen LogP contribution in [0.25, 0.3) is 0 Å². The average Bonchev–Trinajstić information content (AvgIpc) is 2.39. The van der Waals surface area contributed by atoms with E-state index in [-0.39, 0.29) is 17.2 Å². The van der Waals surface area contributed by atoms with Crippen molar-refractivity contribution in [2.75, 3.05) is 5.88 Å². The van der Waals surface area contributed by atoms with Gasteiger partial charge in [0.15, 0.2) is 0 Å². The summed E-state index contributed by atoms with van der Waals surface area (Å²) in [7, 11) is 0. The largest absolute Gasteiger partial charge is 0.508 e. The molecule has 100 valence electrons. The minimum absolute atomic E-state index is 0.151. The van der Waals surface area contributed by atoms with Crippen molar-refractivity contribution in [2.45, 2.75) is 39.2 Å². The van der Waals surface area contributed by atoms with Crippen molar-refractivity contribution in [1.29, 1.82) is 0 Å². The number of rotatable bonds is 5. The van der Waals surface area contributed by atoms with Crippen LogP contribution in [0.1, 0.15) is 42.6 Å². The highest BCUT2D eigenvalue weighted by atomic mass is 35.5. The van der Waals surface area contributed by atoms with E-state index in [1.165, 1.54) is 6.07 Å². The number of benzene rings is 1. The van der Waals surface area contributed by atoms with Gasteiger partial charge in [0.2, 0.25) is 0 Å². The molecule has 0 fully saturated rings. The van der Waals surface area contributed by atoms with Gasteiger partial charge in [0.05, 0.1) is 5.54 Å². The zero-order valence-corrected chi connectivity index (χ0v) is 11.8. The minimum Gasteiger partial charge on any atom is -0.508 e. The maximum atomic E-state index is 12.1. The fourth-order valence-electron chi connectivity index (χ4n) is 1.76. The van der Waals surface area contributed by atoms with Crippen molar-refractivity contribution in [3.63, 3.8) is 0 Å². The normalized spacial score (nSPS) is 11.3. The van der Waals surface area contributed by atoms with Crippen LogP contribution in [-0.2, 0) is 0 Å². The molecule has 3 nitrogen and oxygen atoms in total. The molecule has 0 spiro atoms. The molecule has 1 aromatic rings. The molecule has 0 heterocycles. The van der Waals surface area contributed by atoms with E-state index >= 15 is 0 Å².